The Hall–Kier alpha value is -2.21. The average Bonchev–Trinajstić information content (AvgIpc) is 3.16. The fourth-order valence-electron chi connectivity index (χ4n) is 3.09. The van der Waals surface area contributed by atoms with Gasteiger partial charge in [0.25, 0.3) is 5.91 Å². The molecule has 6 heteroatoms. The average molecular weight is 372 g/mol. The summed E-state index contributed by atoms with van der Waals surface area (Å²) >= 11 is 1.40. The Morgan fingerprint density at radius 3 is 2.77 bits per heavy atom. The maximum Gasteiger partial charge on any atom is 0.358 e. The van der Waals surface area contributed by atoms with Crippen molar-refractivity contribution in [3.8, 4) is 10.6 Å². The Bertz CT molecular complexity index is 770. The lowest BCUT2D eigenvalue weighted by Crippen LogP contribution is -2.41. The number of likely N-dealkylation sites (tertiary alicyclic amines) is 1. The quantitative estimate of drug-likeness (QED) is 0.749. The normalized spacial score (nSPS) is 17.2. The second-order valence-electron chi connectivity index (χ2n) is 6.75. The molecular formula is C20H24N2O3S. The van der Waals surface area contributed by atoms with E-state index in [1.165, 1.54) is 16.9 Å². The maximum atomic E-state index is 12.2. The minimum absolute atomic E-state index is 0.129. The van der Waals surface area contributed by atoms with E-state index in [0.717, 1.165) is 42.9 Å². The number of esters is 1. The lowest BCUT2D eigenvalue weighted by molar-refractivity contribution is -0.136. The zero-order valence-corrected chi connectivity index (χ0v) is 16.1. The zero-order valence-electron chi connectivity index (χ0n) is 15.2. The van der Waals surface area contributed by atoms with Crippen molar-refractivity contribution < 1.29 is 14.3 Å². The minimum atomic E-state index is -0.545. The third-order valence-electron chi connectivity index (χ3n) is 4.66. The summed E-state index contributed by atoms with van der Waals surface area (Å²) in [5, 5.41) is 2.45. The van der Waals surface area contributed by atoms with Crippen molar-refractivity contribution in [1.82, 2.24) is 9.88 Å². The number of aryl methyl sites for hydroxylation is 1. The highest BCUT2D eigenvalue weighted by atomic mass is 32.1. The number of carbonyl (C=O) groups excluding carboxylic acids is 2. The summed E-state index contributed by atoms with van der Waals surface area (Å²) in [5.41, 5.74) is 2.49. The smallest absolute Gasteiger partial charge is 0.358 e. The third kappa shape index (κ3) is 4.49. The van der Waals surface area contributed by atoms with Gasteiger partial charge in [0.2, 0.25) is 0 Å². The number of hydrogen-bond acceptors (Lipinski definition) is 5. The summed E-state index contributed by atoms with van der Waals surface area (Å²) in [7, 11) is 0. The zero-order chi connectivity index (χ0) is 18.5. The SMILES string of the molecule is CCc1ccc(-c2nc(C(=O)OCC(=O)N3CCC[C@@H](C)C3)cs2)cc1. The van der Waals surface area contributed by atoms with Gasteiger partial charge < -0.3 is 9.64 Å². The molecule has 26 heavy (non-hydrogen) atoms. The molecule has 1 fully saturated rings. The van der Waals surface area contributed by atoms with Gasteiger partial charge in [-0.15, -0.1) is 11.3 Å². The van der Waals surface area contributed by atoms with Crippen molar-refractivity contribution in [3.05, 3.63) is 40.9 Å². The van der Waals surface area contributed by atoms with E-state index in [0.29, 0.717) is 5.92 Å². The number of rotatable bonds is 5. The first-order valence-electron chi connectivity index (χ1n) is 9.06. The van der Waals surface area contributed by atoms with Crippen molar-refractivity contribution in [2.24, 2.45) is 5.92 Å². The van der Waals surface area contributed by atoms with Crippen LogP contribution in [0.2, 0.25) is 0 Å². The van der Waals surface area contributed by atoms with E-state index in [1.54, 1.807) is 10.3 Å². The van der Waals surface area contributed by atoms with Crippen molar-refractivity contribution in [2.75, 3.05) is 19.7 Å². The number of ether oxygens (including phenoxy) is 1. The Balaban J connectivity index is 1.56. The Kier molecular flexibility index (Phi) is 6.04. The molecule has 0 bridgehead atoms. The van der Waals surface area contributed by atoms with Gasteiger partial charge in [-0.3, -0.25) is 4.79 Å². The molecule has 0 aliphatic carbocycles. The van der Waals surface area contributed by atoms with Crippen LogP contribution in [-0.4, -0.2) is 41.5 Å². The lowest BCUT2D eigenvalue weighted by Gasteiger charge is -2.30. The third-order valence-corrected chi connectivity index (χ3v) is 5.55. The first kappa shape index (κ1) is 18.6. The summed E-state index contributed by atoms with van der Waals surface area (Å²) in [5.74, 6) is -0.171. The number of benzene rings is 1. The molecule has 1 aromatic heterocycles. The van der Waals surface area contributed by atoms with Crippen molar-refractivity contribution in [3.63, 3.8) is 0 Å². The number of thiazole rings is 1. The van der Waals surface area contributed by atoms with Crippen LogP contribution in [0.1, 0.15) is 42.7 Å². The molecule has 0 spiro atoms. The van der Waals surface area contributed by atoms with Gasteiger partial charge >= 0.3 is 5.97 Å². The number of nitrogens with zero attached hydrogens (tertiary/aromatic N) is 2. The van der Waals surface area contributed by atoms with Gasteiger partial charge in [0.1, 0.15) is 5.01 Å². The van der Waals surface area contributed by atoms with Crippen molar-refractivity contribution in [2.45, 2.75) is 33.1 Å². The van der Waals surface area contributed by atoms with Gasteiger partial charge in [0.05, 0.1) is 0 Å². The van der Waals surface area contributed by atoms with E-state index in [1.807, 2.05) is 12.1 Å². The summed E-state index contributed by atoms with van der Waals surface area (Å²) in [4.78, 5) is 30.5. The van der Waals surface area contributed by atoms with Gasteiger partial charge in [-0.25, -0.2) is 9.78 Å². The highest BCUT2D eigenvalue weighted by molar-refractivity contribution is 7.13. The fourth-order valence-corrected chi connectivity index (χ4v) is 3.89. The maximum absolute atomic E-state index is 12.2. The molecule has 3 rings (SSSR count). The van der Waals surface area contributed by atoms with Gasteiger partial charge in [-0.05, 0) is 30.7 Å². The summed E-state index contributed by atoms with van der Waals surface area (Å²) < 4.78 is 5.18. The van der Waals surface area contributed by atoms with Crippen molar-refractivity contribution >= 4 is 23.2 Å². The second kappa shape index (κ2) is 8.45. The molecule has 0 saturated carbocycles. The van der Waals surface area contributed by atoms with E-state index in [9.17, 15) is 9.59 Å². The molecule has 0 N–H and O–H groups in total. The summed E-state index contributed by atoms with van der Waals surface area (Å²) in [6.07, 6.45) is 3.14. The largest absolute Gasteiger partial charge is 0.451 e. The van der Waals surface area contributed by atoms with E-state index in [-0.39, 0.29) is 18.2 Å². The predicted octanol–water partition coefficient (Wildman–Crippen LogP) is 3.79. The van der Waals surface area contributed by atoms with Crippen LogP contribution in [0.25, 0.3) is 10.6 Å². The summed E-state index contributed by atoms with van der Waals surface area (Å²) in [6.45, 7) is 5.51. The van der Waals surface area contributed by atoms with Crippen LogP contribution >= 0.6 is 11.3 Å². The van der Waals surface area contributed by atoms with Gasteiger partial charge in [0, 0.05) is 24.0 Å². The molecule has 0 radical (unpaired) electrons. The molecule has 1 amide bonds. The van der Waals surface area contributed by atoms with Crippen LogP contribution in [0.15, 0.2) is 29.6 Å². The number of amides is 1. The van der Waals surface area contributed by atoms with Crippen LogP contribution < -0.4 is 0 Å². The van der Waals surface area contributed by atoms with Crippen LogP contribution in [0.3, 0.4) is 0 Å². The first-order valence-corrected chi connectivity index (χ1v) is 9.94. The molecule has 2 aromatic rings. The first-order chi connectivity index (χ1) is 12.6. The topological polar surface area (TPSA) is 59.5 Å². The highest BCUT2D eigenvalue weighted by Gasteiger charge is 2.22. The molecule has 1 aliphatic heterocycles. The number of carbonyl (C=O) groups is 2. The molecule has 0 unspecified atom stereocenters. The molecule has 1 atom stereocenters. The van der Waals surface area contributed by atoms with E-state index >= 15 is 0 Å². The molecule has 5 nitrogen and oxygen atoms in total. The van der Waals surface area contributed by atoms with Crippen molar-refractivity contribution in [1.29, 1.82) is 0 Å². The van der Waals surface area contributed by atoms with E-state index < -0.39 is 5.97 Å². The number of aromatic nitrogens is 1. The molecule has 1 aromatic carbocycles. The molecule has 2 heterocycles. The molecular weight excluding hydrogens is 348 g/mol. The van der Waals surface area contributed by atoms with E-state index in [4.69, 9.17) is 4.74 Å². The van der Waals surface area contributed by atoms with E-state index in [2.05, 4.69) is 31.0 Å². The highest BCUT2D eigenvalue weighted by Crippen LogP contribution is 2.24. The van der Waals surface area contributed by atoms with Gasteiger partial charge in [0.15, 0.2) is 12.3 Å². The summed E-state index contributed by atoms with van der Waals surface area (Å²) in [6, 6.07) is 8.14. The van der Waals surface area contributed by atoms with Gasteiger partial charge in [-0.1, -0.05) is 38.1 Å². The Morgan fingerprint density at radius 2 is 2.08 bits per heavy atom. The fraction of sp³-hybridized carbons (Fsp3) is 0.450. The minimum Gasteiger partial charge on any atom is -0.451 e. The van der Waals surface area contributed by atoms with Crippen LogP contribution in [0.4, 0.5) is 0 Å². The molecule has 1 saturated heterocycles. The standard InChI is InChI=1S/C20H24N2O3S/c1-3-15-6-8-16(9-7-15)19-21-17(13-26-19)20(24)25-12-18(23)22-10-4-5-14(2)11-22/h6-9,13-14H,3-5,10-12H2,1-2H3/t14-/m1/s1. The molecule has 1 aliphatic rings. The second-order valence-corrected chi connectivity index (χ2v) is 7.61. The Labute approximate surface area is 158 Å². The monoisotopic (exact) mass is 372 g/mol. The van der Waals surface area contributed by atoms with Gasteiger partial charge in [-0.2, -0.15) is 0 Å². The molecule has 138 valence electrons. The van der Waals surface area contributed by atoms with Crippen LogP contribution in [0, 0.1) is 5.92 Å². The van der Waals surface area contributed by atoms with Crippen LogP contribution in [0.5, 0.6) is 0 Å². The Morgan fingerprint density at radius 1 is 1.31 bits per heavy atom. The predicted molar refractivity (Wildman–Crippen MR) is 102 cm³/mol. The van der Waals surface area contributed by atoms with Crippen LogP contribution in [-0.2, 0) is 16.0 Å². The lowest BCUT2D eigenvalue weighted by atomic mass is 10.0. The number of piperidine rings is 1. The number of hydrogen-bond donors (Lipinski definition) is 0.